The normalized spacial score (nSPS) is 25.9. The summed E-state index contributed by atoms with van der Waals surface area (Å²) in [4.78, 5) is 24.1. The fourth-order valence-electron chi connectivity index (χ4n) is 3.76. The van der Waals surface area contributed by atoms with Crippen molar-refractivity contribution in [2.45, 2.75) is 65.3 Å². The van der Waals surface area contributed by atoms with E-state index in [-0.39, 0.29) is 5.78 Å². The lowest BCUT2D eigenvalue weighted by atomic mass is 9.86. The molecule has 0 bridgehead atoms. The Balaban J connectivity index is 1.99. The predicted molar refractivity (Wildman–Crippen MR) is 83.9 cm³/mol. The molecule has 1 aliphatic carbocycles. The van der Waals surface area contributed by atoms with Gasteiger partial charge in [0.2, 0.25) is 5.95 Å². The molecule has 1 fully saturated rings. The van der Waals surface area contributed by atoms with Gasteiger partial charge in [-0.05, 0) is 44.9 Å². The lowest BCUT2D eigenvalue weighted by molar-refractivity contribution is 0.0951. The van der Waals surface area contributed by atoms with E-state index in [9.17, 15) is 4.79 Å². The van der Waals surface area contributed by atoms with Gasteiger partial charge < -0.3 is 4.90 Å². The van der Waals surface area contributed by atoms with Gasteiger partial charge in [0.1, 0.15) is 0 Å². The fourth-order valence-corrected chi connectivity index (χ4v) is 3.76. The van der Waals surface area contributed by atoms with E-state index in [4.69, 9.17) is 4.98 Å². The highest BCUT2D eigenvalue weighted by Gasteiger charge is 2.29. The number of carbonyl (C=O) groups excluding carboxylic acids is 1. The van der Waals surface area contributed by atoms with Gasteiger partial charge in [-0.15, -0.1) is 0 Å². The van der Waals surface area contributed by atoms with E-state index in [2.05, 4.69) is 23.7 Å². The van der Waals surface area contributed by atoms with Gasteiger partial charge in [-0.3, -0.25) is 4.79 Å². The minimum atomic E-state index is 0.221. The maximum Gasteiger partial charge on any atom is 0.226 e. The Labute approximate surface area is 127 Å². The van der Waals surface area contributed by atoms with E-state index in [1.54, 1.807) is 0 Å². The molecule has 0 saturated carbocycles. The average molecular weight is 287 g/mol. The first-order valence-corrected chi connectivity index (χ1v) is 8.27. The molecule has 2 heterocycles. The Morgan fingerprint density at radius 1 is 1.24 bits per heavy atom. The number of rotatable bonds is 2. The van der Waals surface area contributed by atoms with Crippen LogP contribution >= 0.6 is 0 Å². The third-order valence-corrected chi connectivity index (χ3v) is 4.86. The van der Waals surface area contributed by atoms with Crippen molar-refractivity contribution in [2.24, 2.45) is 5.92 Å². The number of aryl methyl sites for hydroxylation is 1. The van der Waals surface area contributed by atoms with Gasteiger partial charge >= 0.3 is 0 Å². The van der Waals surface area contributed by atoms with E-state index in [1.165, 1.54) is 19.3 Å². The molecule has 1 saturated heterocycles. The van der Waals surface area contributed by atoms with Crippen LogP contribution in [-0.2, 0) is 6.42 Å². The minimum absolute atomic E-state index is 0.221. The first kappa shape index (κ1) is 14.5. The molecule has 4 heteroatoms. The summed E-state index contributed by atoms with van der Waals surface area (Å²) in [5.74, 6) is 1.47. The topological polar surface area (TPSA) is 46.1 Å². The summed E-state index contributed by atoms with van der Waals surface area (Å²) in [5, 5.41) is 0. The highest BCUT2D eigenvalue weighted by Crippen LogP contribution is 2.30. The van der Waals surface area contributed by atoms with Crippen LogP contribution in [0.2, 0.25) is 0 Å². The largest absolute Gasteiger partial charge is 0.338 e. The van der Waals surface area contributed by atoms with Crippen LogP contribution in [0.25, 0.3) is 0 Å². The van der Waals surface area contributed by atoms with Crippen molar-refractivity contribution in [3.05, 3.63) is 17.0 Å². The van der Waals surface area contributed by atoms with E-state index in [0.29, 0.717) is 18.4 Å². The first-order valence-electron chi connectivity index (χ1n) is 8.27. The third-order valence-electron chi connectivity index (χ3n) is 4.86. The van der Waals surface area contributed by atoms with Crippen LogP contribution in [0, 0.1) is 12.8 Å². The highest BCUT2D eigenvalue weighted by molar-refractivity contribution is 5.99. The third kappa shape index (κ3) is 2.68. The molecule has 0 spiro atoms. The molecule has 2 aliphatic rings. The summed E-state index contributed by atoms with van der Waals surface area (Å²) in [6.07, 6.45) is 6.42. The predicted octanol–water partition coefficient (Wildman–Crippen LogP) is 3.32. The smallest absolute Gasteiger partial charge is 0.226 e. The van der Waals surface area contributed by atoms with Crippen LogP contribution in [0.5, 0.6) is 0 Å². The molecule has 0 radical (unpaired) electrons. The molecule has 1 aromatic heterocycles. The maximum atomic E-state index is 12.2. The number of anilines is 1. The van der Waals surface area contributed by atoms with Gasteiger partial charge in [0.15, 0.2) is 5.78 Å². The molecule has 2 atom stereocenters. The highest BCUT2D eigenvalue weighted by atomic mass is 16.1. The Bertz CT molecular complexity index is 555. The molecule has 1 aromatic rings. The molecule has 0 N–H and O–H groups in total. The van der Waals surface area contributed by atoms with Crippen molar-refractivity contribution in [2.75, 3.05) is 11.4 Å². The van der Waals surface area contributed by atoms with Crippen molar-refractivity contribution < 1.29 is 4.79 Å². The van der Waals surface area contributed by atoms with Crippen molar-refractivity contribution in [3.63, 3.8) is 0 Å². The summed E-state index contributed by atoms with van der Waals surface area (Å²) in [6, 6.07) is 0.549. The first-order chi connectivity index (χ1) is 10.1. The van der Waals surface area contributed by atoms with Crippen LogP contribution in [0.3, 0.4) is 0 Å². The van der Waals surface area contributed by atoms with Crippen molar-refractivity contribution >= 4 is 11.7 Å². The zero-order valence-corrected chi connectivity index (χ0v) is 13.4. The molecule has 0 aromatic carbocycles. The van der Waals surface area contributed by atoms with Crippen LogP contribution in [0.15, 0.2) is 0 Å². The van der Waals surface area contributed by atoms with Gasteiger partial charge in [0.05, 0.1) is 17.0 Å². The minimum Gasteiger partial charge on any atom is -0.338 e. The number of aromatic nitrogens is 2. The van der Waals surface area contributed by atoms with E-state index < -0.39 is 0 Å². The lowest BCUT2D eigenvalue weighted by Crippen LogP contribution is -2.40. The number of hydrogen-bond acceptors (Lipinski definition) is 4. The quantitative estimate of drug-likeness (QED) is 0.837. The molecular weight excluding hydrogens is 262 g/mol. The van der Waals surface area contributed by atoms with Gasteiger partial charge in [-0.25, -0.2) is 9.97 Å². The Kier molecular flexibility index (Phi) is 3.96. The van der Waals surface area contributed by atoms with Gasteiger partial charge in [-0.1, -0.05) is 13.8 Å². The Morgan fingerprint density at radius 3 is 2.81 bits per heavy atom. The van der Waals surface area contributed by atoms with E-state index >= 15 is 0 Å². The number of ketones is 1. The summed E-state index contributed by atoms with van der Waals surface area (Å²) in [5.41, 5.74) is 2.64. The summed E-state index contributed by atoms with van der Waals surface area (Å²) < 4.78 is 0. The zero-order chi connectivity index (χ0) is 15.0. The van der Waals surface area contributed by atoms with Gasteiger partial charge in [0.25, 0.3) is 0 Å². The summed E-state index contributed by atoms with van der Waals surface area (Å²) in [6.45, 7) is 7.37. The monoisotopic (exact) mass is 287 g/mol. The lowest BCUT2D eigenvalue weighted by Gasteiger charge is -2.36. The van der Waals surface area contributed by atoms with Crippen LogP contribution in [0.1, 0.15) is 67.7 Å². The molecule has 1 aliphatic heterocycles. The average Bonchev–Trinajstić information content (AvgIpc) is 2.45. The zero-order valence-electron chi connectivity index (χ0n) is 13.4. The maximum absolute atomic E-state index is 12.2. The number of hydrogen-bond donors (Lipinski definition) is 0. The molecular formula is C17H25N3O. The number of Topliss-reactive ketones (excluding diaryl/α,β-unsaturated/α-hetero) is 1. The van der Waals surface area contributed by atoms with Crippen LogP contribution in [-0.4, -0.2) is 28.3 Å². The fraction of sp³-hybridized carbons (Fsp3) is 0.706. The van der Waals surface area contributed by atoms with Crippen LogP contribution < -0.4 is 4.90 Å². The van der Waals surface area contributed by atoms with Crippen molar-refractivity contribution in [1.82, 2.24) is 9.97 Å². The summed E-state index contributed by atoms with van der Waals surface area (Å²) in [7, 11) is 0. The summed E-state index contributed by atoms with van der Waals surface area (Å²) >= 11 is 0. The number of nitrogens with zero attached hydrogens (tertiary/aromatic N) is 3. The standard InChI is InChI=1S/C17H25N3O/c1-4-13-7-5-6-8-20(13)17-18-12(3)16-14(19-17)9-11(2)10-15(16)21/h11,13H,4-10H2,1-3H3/t11-,13-/m1/s1. The van der Waals surface area contributed by atoms with Crippen molar-refractivity contribution in [1.29, 1.82) is 0 Å². The Hall–Kier alpha value is -1.45. The molecule has 3 rings (SSSR count). The molecule has 21 heavy (non-hydrogen) atoms. The number of carbonyl (C=O) groups is 1. The second-order valence-electron chi connectivity index (χ2n) is 6.62. The second-order valence-corrected chi connectivity index (χ2v) is 6.62. The van der Waals surface area contributed by atoms with Gasteiger partial charge in [0, 0.05) is 19.0 Å². The number of fused-ring (bicyclic) bond motifs is 1. The van der Waals surface area contributed by atoms with Crippen LogP contribution in [0.4, 0.5) is 5.95 Å². The molecule has 0 amide bonds. The second kappa shape index (κ2) is 5.74. The molecule has 114 valence electrons. The SMILES string of the molecule is CC[C@@H]1CCCCN1c1nc(C)c2c(n1)C[C@@H](C)CC2=O. The molecule has 4 nitrogen and oxygen atoms in total. The number of piperidine rings is 1. The Morgan fingerprint density at radius 2 is 2.05 bits per heavy atom. The van der Waals surface area contributed by atoms with E-state index in [0.717, 1.165) is 42.3 Å². The molecule has 0 unspecified atom stereocenters. The van der Waals surface area contributed by atoms with E-state index in [1.807, 2.05) is 6.92 Å². The van der Waals surface area contributed by atoms with Crippen molar-refractivity contribution in [3.8, 4) is 0 Å². The van der Waals surface area contributed by atoms with Gasteiger partial charge in [-0.2, -0.15) is 0 Å².